The highest BCUT2D eigenvalue weighted by Gasteiger charge is 2.15. The third kappa shape index (κ3) is 2.25. The summed E-state index contributed by atoms with van der Waals surface area (Å²) < 4.78 is 1.11. The van der Waals surface area contributed by atoms with Crippen LogP contribution >= 0.6 is 11.3 Å². The van der Waals surface area contributed by atoms with Gasteiger partial charge in [-0.15, -0.1) is 11.3 Å². The van der Waals surface area contributed by atoms with E-state index in [2.05, 4.69) is 18.2 Å². The number of carbonyl (C=O) groups is 1. The summed E-state index contributed by atoms with van der Waals surface area (Å²) in [6.07, 6.45) is 0.739. The lowest BCUT2D eigenvalue weighted by atomic mass is 10.0. The van der Waals surface area contributed by atoms with Gasteiger partial charge >= 0.3 is 0 Å². The van der Waals surface area contributed by atoms with Gasteiger partial charge < -0.3 is 5.73 Å². The van der Waals surface area contributed by atoms with Crippen LogP contribution < -0.4 is 5.73 Å². The Morgan fingerprint density at radius 3 is 2.42 bits per heavy atom. The lowest BCUT2D eigenvalue weighted by Crippen LogP contribution is -2.11. The monoisotopic (exact) mass is 267 g/mol. The molecule has 0 saturated carbocycles. The van der Waals surface area contributed by atoms with E-state index in [1.165, 1.54) is 16.9 Å². The molecule has 2 aromatic carbocycles. The third-order valence-electron chi connectivity index (χ3n) is 3.15. The van der Waals surface area contributed by atoms with E-state index in [0.717, 1.165) is 22.1 Å². The number of rotatable bonds is 3. The number of primary amides is 1. The Balaban J connectivity index is 2.15. The summed E-state index contributed by atoms with van der Waals surface area (Å²) in [5.41, 5.74) is 7.73. The van der Waals surface area contributed by atoms with Gasteiger partial charge in [0.05, 0.1) is 4.88 Å². The Morgan fingerprint density at radius 1 is 1.00 bits per heavy atom. The van der Waals surface area contributed by atoms with Crippen LogP contribution in [-0.4, -0.2) is 5.91 Å². The molecule has 1 amide bonds. The van der Waals surface area contributed by atoms with Crippen molar-refractivity contribution in [3.8, 4) is 0 Å². The number of hydrogen-bond acceptors (Lipinski definition) is 2. The second kappa shape index (κ2) is 4.86. The topological polar surface area (TPSA) is 43.1 Å². The lowest BCUT2D eigenvalue weighted by Gasteiger charge is -2.02. The fourth-order valence-electron chi connectivity index (χ4n) is 2.27. The van der Waals surface area contributed by atoms with Gasteiger partial charge in [0.15, 0.2) is 0 Å². The van der Waals surface area contributed by atoms with Crippen LogP contribution in [0.3, 0.4) is 0 Å². The summed E-state index contributed by atoms with van der Waals surface area (Å²) >= 11 is 1.48. The largest absolute Gasteiger partial charge is 0.365 e. The molecule has 1 aromatic heterocycles. The molecule has 0 radical (unpaired) electrons. The van der Waals surface area contributed by atoms with Gasteiger partial charge in [0.2, 0.25) is 0 Å². The molecule has 3 rings (SSSR count). The summed E-state index contributed by atoms with van der Waals surface area (Å²) in [6, 6.07) is 18.2. The third-order valence-corrected chi connectivity index (χ3v) is 4.37. The normalized spacial score (nSPS) is 10.7. The molecule has 0 atom stereocenters. The second-order valence-corrected chi connectivity index (χ2v) is 5.48. The van der Waals surface area contributed by atoms with Gasteiger partial charge in [0.25, 0.3) is 5.91 Å². The van der Waals surface area contributed by atoms with E-state index >= 15 is 0 Å². The Kier molecular flexibility index (Phi) is 3.05. The predicted molar refractivity (Wildman–Crippen MR) is 79.6 cm³/mol. The van der Waals surface area contributed by atoms with Crippen molar-refractivity contribution in [2.45, 2.75) is 6.42 Å². The molecule has 2 N–H and O–H groups in total. The molecule has 1 heterocycles. The van der Waals surface area contributed by atoms with E-state index in [1.807, 2.05) is 36.4 Å². The maximum Gasteiger partial charge on any atom is 0.259 e. The Bertz CT molecular complexity index is 731. The zero-order valence-corrected chi connectivity index (χ0v) is 11.1. The van der Waals surface area contributed by atoms with Crippen molar-refractivity contribution in [2.75, 3.05) is 0 Å². The number of benzene rings is 2. The van der Waals surface area contributed by atoms with Gasteiger partial charge in [-0.3, -0.25) is 4.79 Å². The van der Waals surface area contributed by atoms with Crippen molar-refractivity contribution < 1.29 is 4.79 Å². The van der Waals surface area contributed by atoms with Crippen molar-refractivity contribution in [2.24, 2.45) is 5.73 Å². The quantitative estimate of drug-likeness (QED) is 0.774. The molecule has 0 spiro atoms. The summed E-state index contributed by atoms with van der Waals surface area (Å²) in [6.45, 7) is 0. The number of fused-ring (bicyclic) bond motifs is 1. The summed E-state index contributed by atoms with van der Waals surface area (Å²) in [7, 11) is 0. The van der Waals surface area contributed by atoms with Crippen LogP contribution in [0, 0.1) is 0 Å². The Hall–Kier alpha value is -2.13. The first-order chi connectivity index (χ1) is 9.25. The lowest BCUT2D eigenvalue weighted by molar-refractivity contribution is 0.100. The second-order valence-electron chi connectivity index (χ2n) is 4.43. The first kappa shape index (κ1) is 11.9. The van der Waals surface area contributed by atoms with Crippen molar-refractivity contribution in [3.63, 3.8) is 0 Å². The number of carbonyl (C=O) groups excluding carboxylic acids is 1. The van der Waals surface area contributed by atoms with Gasteiger partial charge in [-0.05, 0) is 29.0 Å². The molecule has 0 aliphatic rings. The zero-order valence-electron chi connectivity index (χ0n) is 10.3. The van der Waals surface area contributed by atoms with E-state index in [9.17, 15) is 4.79 Å². The summed E-state index contributed by atoms with van der Waals surface area (Å²) in [5.74, 6) is -0.341. The maximum absolute atomic E-state index is 11.6. The summed E-state index contributed by atoms with van der Waals surface area (Å²) in [5, 5.41) is 1.13. The number of nitrogens with two attached hydrogens (primary N) is 1. The van der Waals surface area contributed by atoms with Crippen LogP contribution in [0.15, 0.2) is 54.6 Å². The highest BCUT2D eigenvalue weighted by atomic mass is 32.1. The molecule has 3 heteroatoms. The molecule has 2 nitrogen and oxygen atoms in total. The molecule has 0 bridgehead atoms. The minimum absolute atomic E-state index is 0.341. The fourth-order valence-corrected chi connectivity index (χ4v) is 3.35. The van der Waals surface area contributed by atoms with E-state index in [4.69, 9.17) is 5.73 Å². The highest BCUT2D eigenvalue weighted by molar-refractivity contribution is 7.21. The minimum Gasteiger partial charge on any atom is -0.365 e. The van der Waals surface area contributed by atoms with E-state index in [0.29, 0.717) is 4.88 Å². The standard InChI is InChI=1S/C16H13NOS/c17-16(18)15-13(10-11-6-2-1-3-7-11)12-8-4-5-9-14(12)19-15/h1-9H,10H2,(H2,17,18). The molecule has 3 aromatic rings. The number of thiophene rings is 1. The highest BCUT2D eigenvalue weighted by Crippen LogP contribution is 2.32. The zero-order chi connectivity index (χ0) is 13.2. The van der Waals surface area contributed by atoms with Crippen LogP contribution in [0.2, 0.25) is 0 Å². The molecule has 0 saturated heterocycles. The van der Waals surface area contributed by atoms with Gasteiger partial charge in [0.1, 0.15) is 0 Å². The summed E-state index contributed by atoms with van der Waals surface area (Å²) in [4.78, 5) is 12.3. The van der Waals surface area contributed by atoms with Crippen molar-refractivity contribution in [3.05, 3.63) is 70.6 Å². The number of hydrogen-bond donors (Lipinski definition) is 1. The first-order valence-electron chi connectivity index (χ1n) is 6.10. The van der Waals surface area contributed by atoms with Crippen LogP contribution in [-0.2, 0) is 6.42 Å². The Labute approximate surface area is 115 Å². The van der Waals surface area contributed by atoms with Crippen molar-refractivity contribution in [1.82, 2.24) is 0 Å². The molecule has 94 valence electrons. The average molecular weight is 267 g/mol. The van der Waals surface area contributed by atoms with Crippen LogP contribution in [0.5, 0.6) is 0 Å². The smallest absolute Gasteiger partial charge is 0.259 e. The van der Waals surface area contributed by atoms with E-state index < -0.39 is 0 Å². The molecule has 19 heavy (non-hydrogen) atoms. The first-order valence-corrected chi connectivity index (χ1v) is 6.91. The number of amides is 1. The molecule has 0 aliphatic carbocycles. The molecular formula is C16H13NOS. The van der Waals surface area contributed by atoms with E-state index in [-0.39, 0.29) is 5.91 Å². The van der Waals surface area contributed by atoms with Crippen LogP contribution in [0.1, 0.15) is 20.8 Å². The molecule has 0 aliphatic heterocycles. The van der Waals surface area contributed by atoms with Gasteiger partial charge in [0, 0.05) is 4.70 Å². The molecule has 0 fully saturated rings. The molecule has 0 unspecified atom stereocenters. The van der Waals surface area contributed by atoms with Crippen LogP contribution in [0.4, 0.5) is 0 Å². The average Bonchev–Trinajstić information content (AvgIpc) is 2.79. The van der Waals surface area contributed by atoms with Crippen molar-refractivity contribution in [1.29, 1.82) is 0 Å². The fraction of sp³-hybridized carbons (Fsp3) is 0.0625. The SMILES string of the molecule is NC(=O)c1sc2ccccc2c1Cc1ccccc1. The minimum atomic E-state index is -0.341. The van der Waals surface area contributed by atoms with Gasteiger partial charge in [-0.1, -0.05) is 48.5 Å². The Morgan fingerprint density at radius 2 is 1.68 bits per heavy atom. The van der Waals surface area contributed by atoms with Crippen LogP contribution in [0.25, 0.3) is 10.1 Å². The van der Waals surface area contributed by atoms with Crippen molar-refractivity contribution >= 4 is 27.3 Å². The maximum atomic E-state index is 11.6. The van der Waals surface area contributed by atoms with Gasteiger partial charge in [-0.2, -0.15) is 0 Å². The predicted octanol–water partition coefficient (Wildman–Crippen LogP) is 3.59. The van der Waals surface area contributed by atoms with E-state index in [1.54, 1.807) is 0 Å². The van der Waals surface area contributed by atoms with Gasteiger partial charge in [-0.25, -0.2) is 0 Å². The molecular weight excluding hydrogens is 254 g/mol.